The van der Waals surface area contributed by atoms with Gasteiger partial charge in [0.2, 0.25) is 0 Å². The van der Waals surface area contributed by atoms with Gasteiger partial charge >= 0.3 is 0 Å². The van der Waals surface area contributed by atoms with Crippen molar-refractivity contribution in [3.05, 3.63) is 77.7 Å². The van der Waals surface area contributed by atoms with Gasteiger partial charge < -0.3 is 4.57 Å². The van der Waals surface area contributed by atoms with E-state index in [0.717, 1.165) is 31.0 Å². The number of para-hydroxylation sites is 1. The van der Waals surface area contributed by atoms with Gasteiger partial charge in [0, 0.05) is 48.1 Å². The first kappa shape index (κ1) is 17.4. The smallest absolute Gasteiger partial charge is 0.132 e. The molecule has 1 fully saturated rings. The summed E-state index contributed by atoms with van der Waals surface area (Å²) in [6, 6.07) is 19.4. The molecule has 1 saturated heterocycles. The van der Waals surface area contributed by atoms with Crippen LogP contribution in [0.5, 0.6) is 0 Å². The summed E-state index contributed by atoms with van der Waals surface area (Å²) in [5, 5.41) is 0. The molecule has 0 radical (unpaired) electrons. The summed E-state index contributed by atoms with van der Waals surface area (Å²) in [5.74, 6) is 2.21. The molecule has 134 valence electrons. The second-order valence-electron chi connectivity index (χ2n) is 6.68. The van der Waals surface area contributed by atoms with Crippen LogP contribution in [0, 0.1) is 12.7 Å². The number of hydrogen-bond acceptors (Lipinski definition) is 2. The fourth-order valence-electron chi connectivity index (χ4n) is 3.60. The van der Waals surface area contributed by atoms with E-state index in [1.165, 1.54) is 28.8 Å². The zero-order valence-corrected chi connectivity index (χ0v) is 15.8. The van der Waals surface area contributed by atoms with Crippen LogP contribution in [-0.2, 0) is 6.54 Å². The van der Waals surface area contributed by atoms with Gasteiger partial charge in [-0.15, -0.1) is 0 Å². The molecule has 4 heteroatoms. The molecule has 3 aromatic rings. The molecule has 1 aliphatic rings. The molecule has 0 atom stereocenters. The molecule has 1 aliphatic heterocycles. The van der Waals surface area contributed by atoms with Crippen molar-refractivity contribution in [2.75, 3.05) is 24.6 Å². The van der Waals surface area contributed by atoms with Crippen LogP contribution in [0.25, 0.3) is 16.9 Å². The second-order valence-corrected chi connectivity index (χ2v) is 7.90. The second kappa shape index (κ2) is 7.68. The summed E-state index contributed by atoms with van der Waals surface area (Å²) in [4.78, 5) is 2.50. The SMILES string of the molecule is Cc1c(CN2CCSCC2)cc(-c2ccccc2F)n1-c1ccccc1. The van der Waals surface area contributed by atoms with Crippen molar-refractivity contribution < 1.29 is 4.39 Å². The minimum atomic E-state index is -0.178. The topological polar surface area (TPSA) is 8.17 Å². The standard InChI is InChI=1S/C22H23FN2S/c1-17-18(16-24-11-13-26-14-12-24)15-22(20-9-5-6-10-21(20)23)25(17)19-7-3-2-4-8-19/h2-10,15H,11-14,16H2,1H3. The lowest BCUT2D eigenvalue weighted by atomic mass is 10.1. The number of aromatic nitrogens is 1. The van der Waals surface area contributed by atoms with Gasteiger partial charge in [-0.2, -0.15) is 11.8 Å². The van der Waals surface area contributed by atoms with E-state index < -0.39 is 0 Å². The van der Waals surface area contributed by atoms with E-state index in [9.17, 15) is 4.39 Å². The molecule has 0 amide bonds. The highest BCUT2D eigenvalue weighted by molar-refractivity contribution is 7.99. The average Bonchev–Trinajstić information content (AvgIpc) is 3.00. The maximum absolute atomic E-state index is 14.5. The van der Waals surface area contributed by atoms with Gasteiger partial charge in [-0.1, -0.05) is 30.3 Å². The minimum absolute atomic E-state index is 0.178. The van der Waals surface area contributed by atoms with Crippen molar-refractivity contribution in [2.45, 2.75) is 13.5 Å². The number of hydrogen-bond donors (Lipinski definition) is 0. The molecule has 0 saturated carbocycles. The third-order valence-corrected chi connectivity index (χ3v) is 5.96. The van der Waals surface area contributed by atoms with Gasteiger partial charge in [-0.3, -0.25) is 4.90 Å². The van der Waals surface area contributed by atoms with E-state index in [2.05, 4.69) is 34.6 Å². The lowest BCUT2D eigenvalue weighted by molar-refractivity contribution is 0.294. The summed E-state index contributed by atoms with van der Waals surface area (Å²) < 4.78 is 16.7. The predicted molar refractivity (Wildman–Crippen MR) is 109 cm³/mol. The van der Waals surface area contributed by atoms with Crippen molar-refractivity contribution in [1.82, 2.24) is 9.47 Å². The van der Waals surface area contributed by atoms with Gasteiger partial charge in [-0.05, 0) is 42.8 Å². The average molecular weight is 367 g/mol. The molecule has 0 unspecified atom stereocenters. The molecule has 2 nitrogen and oxygen atoms in total. The normalized spacial score (nSPS) is 15.3. The van der Waals surface area contributed by atoms with Gasteiger partial charge in [-0.25, -0.2) is 4.39 Å². The van der Waals surface area contributed by atoms with Crippen LogP contribution in [0.3, 0.4) is 0 Å². The highest BCUT2D eigenvalue weighted by Gasteiger charge is 2.19. The Morgan fingerprint density at radius 2 is 1.65 bits per heavy atom. The molecular formula is C22H23FN2S. The van der Waals surface area contributed by atoms with Crippen LogP contribution in [-0.4, -0.2) is 34.1 Å². The zero-order chi connectivity index (χ0) is 17.9. The van der Waals surface area contributed by atoms with Crippen LogP contribution >= 0.6 is 11.8 Å². The highest BCUT2D eigenvalue weighted by atomic mass is 32.2. The quantitative estimate of drug-likeness (QED) is 0.632. The largest absolute Gasteiger partial charge is 0.313 e. The highest BCUT2D eigenvalue weighted by Crippen LogP contribution is 2.32. The number of rotatable bonds is 4. The van der Waals surface area contributed by atoms with Gasteiger partial charge in [0.15, 0.2) is 0 Å². The predicted octanol–water partition coefficient (Wildman–Crippen LogP) is 5.14. The van der Waals surface area contributed by atoms with Crippen LogP contribution in [0.15, 0.2) is 60.7 Å². The Kier molecular flexibility index (Phi) is 5.14. The lowest BCUT2D eigenvalue weighted by Crippen LogP contribution is -2.32. The fourth-order valence-corrected chi connectivity index (χ4v) is 4.57. The molecular weight excluding hydrogens is 343 g/mol. The third kappa shape index (κ3) is 3.44. The molecule has 2 heterocycles. The molecule has 26 heavy (non-hydrogen) atoms. The number of thioether (sulfide) groups is 1. The Balaban J connectivity index is 1.81. The summed E-state index contributed by atoms with van der Waals surface area (Å²) in [6.45, 7) is 5.31. The minimum Gasteiger partial charge on any atom is -0.313 e. The first-order valence-corrected chi connectivity index (χ1v) is 10.2. The zero-order valence-electron chi connectivity index (χ0n) is 15.0. The van der Waals surface area contributed by atoms with Crippen molar-refractivity contribution in [2.24, 2.45) is 0 Å². The van der Waals surface area contributed by atoms with Gasteiger partial charge in [0.05, 0.1) is 5.69 Å². The van der Waals surface area contributed by atoms with E-state index in [4.69, 9.17) is 0 Å². The van der Waals surface area contributed by atoms with E-state index in [1.807, 2.05) is 42.1 Å². The Bertz CT molecular complexity index is 882. The van der Waals surface area contributed by atoms with Gasteiger partial charge in [0.25, 0.3) is 0 Å². The summed E-state index contributed by atoms with van der Waals surface area (Å²) >= 11 is 2.02. The number of benzene rings is 2. The van der Waals surface area contributed by atoms with Crippen molar-refractivity contribution in [1.29, 1.82) is 0 Å². The molecule has 0 bridgehead atoms. The summed E-state index contributed by atoms with van der Waals surface area (Å²) in [6.07, 6.45) is 0. The lowest BCUT2D eigenvalue weighted by Gasteiger charge is -2.26. The first-order chi connectivity index (χ1) is 12.7. The number of nitrogens with zero attached hydrogens (tertiary/aromatic N) is 2. The maximum atomic E-state index is 14.5. The molecule has 0 spiro atoms. The fraction of sp³-hybridized carbons (Fsp3) is 0.273. The van der Waals surface area contributed by atoms with Crippen LogP contribution in [0.1, 0.15) is 11.3 Å². The Hall–Kier alpha value is -2.04. The van der Waals surface area contributed by atoms with E-state index in [1.54, 1.807) is 6.07 Å². The van der Waals surface area contributed by atoms with Gasteiger partial charge in [0.1, 0.15) is 5.82 Å². The van der Waals surface area contributed by atoms with E-state index in [0.29, 0.717) is 5.56 Å². The van der Waals surface area contributed by atoms with Crippen molar-refractivity contribution in [3.63, 3.8) is 0 Å². The summed E-state index contributed by atoms with van der Waals surface area (Å²) in [7, 11) is 0. The first-order valence-electron chi connectivity index (χ1n) is 9.05. The van der Waals surface area contributed by atoms with Crippen LogP contribution in [0.2, 0.25) is 0 Å². The molecule has 0 aliphatic carbocycles. The van der Waals surface area contributed by atoms with Crippen LogP contribution < -0.4 is 0 Å². The maximum Gasteiger partial charge on any atom is 0.132 e. The monoisotopic (exact) mass is 366 g/mol. The molecule has 4 rings (SSSR count). The Morgan fingerprint density at radius 3 is 2.38 bits per heavy atom. The number of halogens is 1. The molecule has 0 N–H and O–H groups in total. The Labute approximate surface area is 158 Å². The summed E-state index contributed by atoms with van der Waals surface area (Å²) in [5.41, 5.74) is 5.11. The van der Waals surface area contributed by atoms with Crippen molar-refractivity contribution in [3.8, 4) is 16.9 Å². The Morgan fingerprint density at radius 1 is 0.962 bits per heavy atom. The van der Waals surface area contributed by atoms with Crippen molar-refractivity contribution >= 4 is 11.8 Å². The third-order valence-electron chi connectivity index (χ3n) is 5.01. The van der Waals surface area contributed by atoms with E-state index in [-0.39, 0.29) is 5.82 Å². The molecule has 1 aromatic heterocycles. The van der Waals surface area contributed by atoms with Crippen LogP contribution in [0.4, 0.5) is 4.39 Å². The van der Waals surface area contributed by atoms with E-state index >= 15 is 0 Å². The molecule has 2 aromatic carbocycles.